The molecular formula is C17H19F2NO. The van der Waals surface area contributed by atoms with E-state index in [9.17, 15) is 8.78 Å². The van der Waals surface area contributed by atoms with Crippen molar-refractivity contribution in [2.24, 2.45) is 0 Å². The molecule has 2 nitrogen and oxygen atoms in total. The molecule has 4 heteroatoms. The van der Waals surface area contributed by atoms with E-state index in [-0.39, 0.29) is 12.1 Å². The second-order valence-corrected chi connectivity index (χ2v) is 5.05. The quantitative estimate of drug-likeness (QED) is 0.882. The third-order valence-corrected chi connectivity index (χ3v) is 3.54. The smallest absolute Gasteiger partial charge is 0.128 e. The summed E-state index contributed by atoms with van der Waals surface area (Å²) in [6.07, 6.45) is 0. The highest BCUT2D eigenvalue weighted by molar-refractivity contribution is 5.29. The Kier molecular flexibility index (Phi) is 4.91. The minimum Gasteiger partial charge on any atom is -0.497 e. The molecule has 0 aromatic heterocycles. The van der Waals surface area contributed by atoms with Crippen molar-refractivity contribution in [3.05, 3.63) is 65.2 Å². The molecule has 0 aliphatic heterocycles. The predicted octanol–water partition coefficient (Wildman–Crippen LogP) is 4.39. The number of nitrogens with one attached hydrogen (secondary N) is 1. The topological polar surface area (TPSA) is 21.3 Å². The van der Waals surface area contributed by atoms with Gasteiger partial charge in [-0.05, 0) is 49.7 Å². The van der Waals surface area contributed by atoms with Gasteiger partial charge < -0.3 is 10.1 Å². The summed E-state index contributed by atoms with van der Waals surface area (Å²) in [7, 11) is 1.62. The zero-order valence-corrected chi connectivity index (χ0v) is 12.4. The zero-order valence-electron chi connectivity index (χ0n) is 12.4. The number of ether oxygens (including phenoxy) is 1. The van der Waals surface area contributed by atoms with Crippen LogP contribution in [0.3, 0.4) is 0 Å². The number of rotatable bonds is 5. The molecule has 0 spiro atoms. The maximum Gasteiger partial charge on any atom is 0.128 e. The van der Waals surface area contributed by atoms with E-state index < -0.39 is 11.6 Å². The van der Waals surface area contributed by atoms with E-state index in [0.29, 0.717) is 5.56 Å². The maximum absolute atomic E-state index is 13.7. The van der Waals surface area contributed by atoms with Gasteiger partial charge in [0.15, 0.2) is 0 Å². The predicted molar refractivity (Wildman–Crippen MR) is 79.3 cm³/mol. The molecule has 2 aromatic rings. The Morgan fingerprint density at radius 1 is 0.952 bits per heavy atom. The highest BCUT2D eigenvalue weighted by Gasteiger charge is 2.15. The molecule has 2 rings (SSSR count). The SMILES string of the molecule is COc1ccc(C(C)NC(C)c2cc(F)ccc2F)cc1. The lowest BCUT2D eigenvalue weighted by Crippen LogP contribution is -2.23. The van der Waals surface area contributed by atoms with Crippen molar-refractivity contribution >= 4 is 0 Å². The van der Waals surface area contributed by atoms with Crippen LogP contribution in [0.1, 0.15) is 37.1 Å². The average molecular weight is 291 g/mol. The van der Waals surface area contributed by atoms with Gasteiger partial charge in [-0.1, -0.05) is 12.1 Å². The fourth-order valence-corrected chi connectivity index (χ4v) is 2.30. The molecule has 2 unspecified atom stereocenters. The van der Waals surface area contributed by atoms with Gasteiger partial charge in [0.05, 0.1) is 7.11 Å². The van der Waals surface area contributed by atoms with Crippen molar-refractivity contribution in [3.8, 4) is 5.75 Å². The van der Waals surface area contributed by atoms with Crippen LogP contribution in [-0.2, 0) is 0 Å². The van der Waals surface area contributed by atoms with Crippen LogP contribution < -0.4 is 10.1 Å². The van der Waals surface area contributed by atoms with E-state index in [1.165, 1.54) is 6.07 Å². The first-order chi connectivity index (χ1) is 10.0. The van der Waals surface area contributed by atoms with E-state index >= 15 is 0 Å². The third-order valence-electron chi connectivity index (χ3n) is 3.54. The van der Waals surface area contributed by atoms with Gasteiger partial charge in [0.1, 0.15) is 17.4 Å². The summed E-state index contributed by atoms with van der Waals surface area (Å²) in [6.45, 7) is 3.80. The van der Waals surface area contributed by atoms with Gasteiger partial charge in [-0.3, -0.25) is 0 Å². The summed E-state index contributed by atoms with van der Waals surface area (Å²) in [5.41, 5.74) is 1.38. The van der Waals surface area contributed by atoms with Crippen molar-refractivity contribution < 1.29 is 13.5 Å². The van der Waals surface area contributed by atoms with Gasteiger partial charge in [-0.15, -0.1) is 0 Å². The number of hydrogen-bond donors (Lipinski definition) is 1. The van der Waals surface area contributed by atoms with E-state index in [1.54, 1.807) is 7.11 Å². The van der Waals surface area contributed by atoms with Gasteiger partial charge in [0.25, 0.3) is 0 Å². The maximum atomic E-state index is 13.7. The van der Waals surface area contributed by atoms with Gasteiger partial charge in [0.2, 0.25) is 0 Å². The summed E-state index contributed by atoms with van der Waals surface area (Å²) in [5.74, 6) is -0.0503. The molecule has 0 aliphatic carbocycles. The zero-order chi connectivity index (χ0) is 15.4. The highest BCUT2D eigenvalue weighted by atomic mass is 19.1. The fourth-order valence-electron chi connectivity index (χ4n) is 2.30. The monoisotopic (exact) mass is 291 g/mol. The second-order valence-electron chi connectivity index (χ2n) is 5.05. The van der Waals surface area contributed by atoms with Crippen LogP contribution in [0.25, 0.3) is 0 Å². The van der Waals surface area contributed by atoms with Crippen LogP contribution in [0, 0.1) is 11.6 Å². The molecule has 2 aromatic carbocycles. The molecule has 0 fully saturated rings. The molecule has 0 radical (unpaired) electrons. The highest BCUT2D eigenvalue weighted by Crippen LogP contribution is 2.23. The molecule has 0 amide bonds. The molecule has 0 saturated heterocycles. The summed E-state index contributed by atoms with van der Waals surface area (Å²) in [5, 5.41) is 3.27. The minimum atomic E-state index is -0.433. The molecule has 1 N–H and O–H groups in total. The van der Waals surface area contributed by atoms with Crippen molar-refractivity contribution in [1.29, 1.82) is 0 Å². The molecule has 112 valence electrons. The lowest BCUT2D eigenvalue weighted by molar-refractivity contribution is 0.414. The summed E-state index contributed by atoms with van der Waals surface area (Å²) >= 11 is 0. The van der Waals surface area contributed by atoms with Crippen molar-refractivity contribution in [2.45, 2.75) is 25.9 Å². The first kappa shape index (κ1) is 15.4. The van der Waals surface area contributed by atoms with Crippen molar-refractivity contribution in [3.63, 3.8) is 0 Å². The Morgan fingerprint density at radius 3 is 2.24 bits per heavy atom. The molecule has 0 saturated carbocycles. The molecule has 21 heavy (non-hydrogen) atoms. The number of halogens is 2. The third kappa shape index (κ3) is 3.79. The largest absolute Gasteiger partial charge is 0.497 e. The summed E-state index contributed by atoms with van der Waals surface area (Å²) in [4.78, 5) is 0. The Bertz CT molecular complexity index is 598. The van der Waals surface area contributed by atoms with Crippen LogP contribution in [0.15, 0.2) is 42.5 Å². The lowest BCUT2D eigenvalue weighted by Gasteiger charge is -2.21. The number of benzene rings is 2. The molecule has 2 atom stereocenters. The molecular weight excluding hydrogens is 272 g/mol. The van der Waals surface area contributed by atoms with Crippen molar-refractivity contribution in [1.82, 2.24) is 5.32 Å². The van der Waals surface area contributed by atoms with E-state index in [0.717, 1.165) is 23.4 Å². The normalized spacial score (nSPS) is 13.8. The lowest BCUT2D eigenvalue weighted by atomic mass is 10.0. The van der Waals surface area contributed by atoms with Crippen LogP contribution in [0.4, 0.5) is 8.78 Å². The van der Waals surface area contributed by atoms with E-state index in [4.69, 9.17) is 4.74 Å². The van der Waals surface area contributed by atoms with Crippen LogP contribution in [0.5, 0.6) is 5.75 Å². The average Bonchev–Trinajstić information content (AvgIpc) is 2.49. The van der Waals surface area contributed by atoms with E-state index in [2.05, 4.69) is 5.32 Å². The summed E-state index contributed by atoms with van der Waals surface area (Å²) in [6, 6.07) is 10.9. The Labute approximate surface area is 123 Å². The standard InChI is InChI=1S/C17H19F2NO/c1-11(13-4-7-15(21-3)8-5-13)20-12(2)16-10-14(18)6-9-17(16)19/h4-12,20H,1-3H3. The van der Waals surface area contributed by atoms with Crippen LogP contribution in [0.2, 0.25) is 0 Å². The molecule has 0 heterocycles. The Hall–Kier alpha value is -1.94. The number of methoxy groups -OCH3 is 1. The summed E-state index contributed by atoms with van der Waals surface area (Å²) < 4.78 is 32.1. The second kappa shape index (κ2) is 6.68. The first-order valence-electron chi connectivity index (χ1n) is 6.86. The van der Waals surface area contributed by atoms with Crippen molar-refractivity contribution in [2.75, 3.05) is 7.11 Å². The van der Waals surface area contributed by atoms with E-state index in [1.807, 2.05) is 38.1 Å². The minimum absolute atomic E-state index is 0.00794. The number of hydrogen-bond acceptors (Lipinski definition) is 2. The van der Waals surface area contributed by atoms with Gasteiger partial charge in [-0.2, -0.15) is 0 Å². The Morgan fingerprint density at radius 2 is 1.62 bits per heavy atom. The fraction of sp³-hybridized carbons (Fsp3) is 0.294. The van der Waals surface area contributed by atoms with Gasteiger partial charge >= 0.3 is 0 Å². The van der Waals surface area contributed by atoms with Crippen LogP contribution in [-0.4, -0.2) is 7.11 Å². The van der Waals surface area contributed by atoms with Gasteiger partial charge in [-0.25, -0.2) is 8.78 Å². The van der Waals surface area contributed by atoms with Crippen LogP contribution >= 0.6 is 0 Å². The Balaban J connectivity index is 2.10. The molecule has 0 bridgehead atoms. The molecule has 0 aliphatic rings. The van der Waals surface area contributed by atoms with Gasteiger partial charge in [0, 0.05) is 17.6 Å². The first-order valence-corrected chi connectivity index (χ1v) is 6.86.